The third-order valence-electron chi connectivity index (χ3n) is 3.49. The highest BCUT2D eigenvalue weighted by Crippen LogP contribution is 2.15. The number of aromatic nitrogens is 3. The molecule has 5 nitrogen and oxygen atoms in total. The van der Waals surface area contributed by atoms with Crippen molar-refractivity contribution in [2.75, 3.05) is 7.05 Å². The number of pyridine rings is 1. The standard InChI is InChI=1S/C16H16N4O/c1-19(16(21)13-8-5-6-10-17-13)11-15-18-12-7-3-4-9-14(12)20(15)2/h3-10H,11H2,1-2H3. The first-order valence-corrected chi connectivity index (χ1v) is 6.73. The molecule has 0 bridgehead atoms. The summed E-state index contributed by atoms with van der Waals surface area (Å²) in [6.45, 7) is 0.445. The monoisotopic (exact) mass is 280 g/mol. The van der Waals surface area contributed by atoms with Crippen LogP contribution in [0, 0.1) is 0 Å². The molecule has 2 heterocycles. The SMILES string of the molecule is CN(Cc1nc2ccccc2n1C)C(=O)c1ccccn1. The quantitative estimate of drug-likeness (QED) is 0.739. The van der Waals surface area contributed by atoms with Crippen LogP contribution >= 0.6 is 0 Å². The highest BCUT2D eigenvalue weighted by Gasteiger charge is 2.16. The van der Waals surface area contributed by atoms with Crippen LogP contribution in [0.1, 0.15) is 16.3 Å². The number of fused-ring (bicyclic) bond motifs is 1. The van der Waals surface area contributed by atoms with Gasteiger partial charge < -0.3 is 9.47 Å². The minimum Gasteiger partial charge on any atom is -0.333 e. The summed E-state index contributed by atoms with van der Waals surface area (Å²) >= 11 is 0. The zero-order valence-corrected chi connectivity index (χ0v) is 12.0. The number of hydrogen-bond donors (Lipinski definition) is 0. The van der Waals surface area contributed by atoms with Crippen molar-refractivity contribution in [2.24, 2.45) is 7.05 Å². The summed E-state index contributed by atoms with van der Waals surface area (Å²) in [7, 11) is 3.72. The van der Waals surface area contributed by atoms with Gasteiger partial charge in [0.25, 0.3) is 5.91 Å². The second-order valence-corrected chi connectivity index (χ2v) is 4.95. The van der Waals surface area contributed by atoms with Crippen molar-refractivity contribution in [1.29, 1.82) is 0 Å². The number of amides is 1. The van der Waals surface area contributed by atoms with Gasteiger partial charge in [0.2, 0.25) is 0 Å². The van der Waals surface area contributed by atoms with Crippen LogP contribution < -0.4 is 0 Å². The third-order valence-corrected chi connectivity index (χ3v) is 3.49. The molecule has 0 saturated heterocycles. The number of imidazole rings is 1. The maximum atomic E-state index is 12.3. The maximum absolute atomic E-state index is 12.3. The molecule has 3 rings (SSSR count). The number of nitrogens with zero attached hydrogens (tertiary/aromatic N) is 4. The molecule has 0 unspecified atom stereocenters. The summed E-state index contributed by atoms with van der Waals surface area (Å²) in [6, 6.07) is 13.3. The van der Waals surface area contributed by atoms with E-state index in [1.165, 1.54) is 0 Å². The Kier molecular flexibility index (Phi) is 3.39. The Morgan fingerprint density at radius 3 is 2.67 bits per heavy atom. The number of para-hydroxylation sites is 2. The van der Waals surface area contributed by atoms with Crippen LogP contribution in [-0.2, 0) is 13.6 Å². The molecule has 106 valence electrons. The van der Waals surface area contributed by atoms with E-state index in [0.717, 1.165) is 16.9 Å². The summed E-state index contributed by atoms with van der Waals surface area (Å²) < 4.78 is 2.01. The first-order valence-electron chi connectivity index (χ1n) is 6.73. The van der Waals surface area contributed by atoms with Crippen LogP contribution in [0.15, 0.2) is 48.7 Å². The normalized spacial score (nSPS) is 10.8. The van der Waals surface area contributed by atoms with Gasteiger partial charge in [-0.25, -0.2) is 4.98 Å². The second kappa shape index (κ2) is 5.36. The Labute approximate surface area is 122 Å². The molecule has 0 aliphatic heterocycles. The molecule has 3 aromatic rings. The fourth-order valence-corrected chi connectivity index (χ4v) is 2.31. The molecule has 0 saturated carbocycles. The van der Waals surface area contributed by atoms with Gasteiger partial charge >= 0.3 is 0 Å². The van der Waals surface area contributed by atoms with Crippen LogP contribution in [0.4, 0.5) is 0 Å². The highest BCUT2D eigenvalue weighted by atomic mass is 16.2. The van der Waals surface area contributed by atoms with Gasteiger partial charge in [-0.15, -0.1) is 0 Å². The van der Waals surface area contributed by atoms with E-state index in [2.05, 4.69) is 9.97 Å². The summed E-state index contributed by atoms with van der Waals surface area (Å²) in [4.78, 5) is 22.6. The van der Waals surface area contributed by atoms with Crippen LogP contribution in [0.3, 0.4) is 0 Å². The Hall–Kier alpha value is -2.69. The molecule has 1 aromatic carbocycles. The van der Waals surface area contributed by atoms with Crippen molar-refractivity contribution in [1.82, 2.24) is 19.4 Å². The number of hydrogen-bond acceptors (Lipinski definition) is 3. The molecular formula is C16H16N4O. The van der Waals surface area contributed by atoms with Gasteiger partial charge in [0.15, 0.2) is 0 Å². The van der Waals surface area contributed by atoms with E-state index < -0.39 is 0 Å². The van der Waals surface area contributed by atoms with E-state index in [0.29, 0.717) is 12.2 Å². The molecule has 0 aliphatic carbocycles. The lowest BCUT2D eigenvalue weighted by Gasteiger charge is -2.16. The smallest absolute Gasteiger partial charge is 0.272 e. The largest absolute Gasteiger partial charge is 0.333 e. The minimum absolute atomic E-state index is 0.109. The van der Waals surface area contributed by atoms with Gasteiger partial charge in [0.1, 0.15) is 11.5 Å². The van der Waals surface area contributed by atoms with Crippen molar-refractivity contribution < 1.29 is 4.79 Å². The minimum atomic E-state index is -0.109. The Morgan fingerprint density at radius 2 is 1.95 bits per heavy atom. The fourth-order valence-electron chi connectivity index (χ4n) is 2.31. The van der Waals surface area contributed by atoms with Gasteiger partial charge in [0.05, 0.1) is 17.6 Å². The Balaban J connectivity index is 1.85. The summed E-state index contributed by atoms with van der Waals surface area (Å²) in [6.07, 6.45) is 1.62. The van der Waals surface area contributed by atoms with Gasteiger partial charge in [-0.1, -0.05) is 18.2 Å². The molecule has 2 aromatic heterocycles. The second-order valence-electron chi connectivity index (χ2n) is 4.95. The number of carbonyl (C=O) groups is 1. The molecule has 1 amide bonds. The zero-order valence-electron chi connectivity index (χ0n) is 12.0. The van der Waals surface area contributed by atoms with Crippen molar-refractivity contribution >= 4 is 16.9 Å². The Morgan fingerprint density at radius 1 is 1.19 bits per heavy atom. The number of benzene rings is 1. The number of carbonyl (C=O) groups excluding carboxylic acids is 1. The van der Waals surface area contributed by atoms with Crippen molar-refractivity contribution in [2.45, 2.75) is 6.54 Å². The van der Waals surface area contributed by atoms with Crippen molar-refractivity contribution in [3.63, 3.8) is 0 Å². The lowest BCUT2D eigenvalue weighted by Crippen LogP contribution is -2.28. The molecule has 21 heavy (non-hydrogen) atoms. The molecule has 0 spiro atoms. The molecule has 0 aliphatic rings. The van der Waals surface area contributed by atoms with Crippen LogP contribution in [0.5, 0.6) is 0 Å². The van der Waals surface area contributed by atoms with Gasteiger partial charge in [0, 0.05) is 20.3 Å². The average molecular weight is 280 g/mol. The molecule has 0 N–H and O–H groups in total. The van der Waals surface area contributed by atoms with E-state index in [-0.39, 0.29) is 5.91 Å². The lowest BCUT2D eigenvalue weighted by atomic mass is 10.3. The molecule has 0 fully saturated rings. The van der Waals surface area contributed by atoms with E-state index in [1.54, 1.807) is 30.3 Å². The van der Waals surface area contributed by atoms with Crippen LogP contribution in [-0.4, -0.2) is 32.4 Å². The lowest BCUT2D eigenvalue weighted by molar-refractivity contribution is 0.0775. The number of rotatable bonds is 3. The fraction of sp³-hybridized carbons (Fsp3) is 0.188. The van der Waals surface area contributed by atoms with Crippen LogP contribution in [0.25, 0.3) is 11.0 Å². The highest BCUT2D eigenvalue weighted by molar-refractivity contribution is 5.92. The topological polar surface area (TPSA) is 51.0 Å². The van der Waals surface area contributed by atoms with Gasteiger partial charge in [-0.3, -0.25) is 9.78 Å². The number of aryl methyl sites for hydroxylation is 1. The summed E-state index contributed by atoms with van der Waals surface area (Å²) in [5, 5.41) is 0. The molecular weight excluding hydrogens is 264 g/mol. The summed E-state index contributed by atoms with van der Waals surface area (Å²) in [5.74, 6) is 0.741. The molecule has 0 atom stereocenters. The maximum Gasteiger partial charge on any atom is 0.272 e. The van der Waals surface area contributed by atoms with Gasteiger partial charge in [-0.2, -0.15) is 0 Å². The zero-order chi connectivity index (χ0) is 14.8. The average Bonchev–Trinajstić information content (AvgIpc) is 2.84. The van der Waals surface area contributed by atoms with Gasteiger partial charge in [-0.05, 0) is 24.3 Å². The van der Waals surface area contributed by atoms with E-state index in [1.807, 2.05) is 41.9 Å². The van der Waals surface area contributed by atoms with Crippen molar-refractivity contribution in [3.05, 3.63) is 60.2 Å². The van der Waals surface area contributed by atoms with E-state index in [4.69, 9.17) is 0 Å². The third kappa shape index (κ3) is 2.50. The van der Waals surface area contributed by atoms with E-state index >= 15 is 0 Å². The first kappa shape index (κ1) is 13.3. The van der Waals surface area contributed by atoms with Crippen molar-refractivity contribution in [3.8, 4) is 0 Å². The Bertz CT molecular complexity index is 779. The summed E-state index contributed by atoms with van der Waals surface area (Å²) in [5.41, 5.74) is 2.44. The predicted octanol–water partition coefficient (Wildman–Crippen LogP) is 2.24. The van der Waals surface area contributed by atoms with E-state index in [9.17, 15) is 4.79 Å². The van der Waals surface area contributed by atoms with Crippen LogP contribution in [0.2, 0.25) is 0 Å². The predicted molar refractivity (Wildman–Crippen MR) is 80.7 cm³/mol. The molecule has 0 radical (unpaired) electrons. The molecule has 5 heteroatoms. The first-order chi connectivity index (χ1) is 10.2.